The molecule has 1 aliphatic rings. The van der Waals surface area contributed by atoms with E-state index in [9.17, 15) is 4.79 Å². The van der Waals surface area contributed by atoms with Gasteiger partial charge in [0.25, 0.3) is 0 Å². The molecule has 2 N–H and O–H groups in total. The summed E-state index contributed by atoms with van der Waals surface area (Å²) in [5, 5.41) is 24.7. The molecular formula is C11H21NO3Si. The summed E-state index contributed by atoms with van der Waals surface area (Å²) in [5.41, 5.74) is 0.822. The molecule has 4 nitrogen and oxygen atoms in total. The van der Waals surface area contributed by atoms with Crippen molar-refractivity contribution in [3.63, 3.8) is 0 Å². The largest absolute Gasteiger partial charge is 0.479 e. The number of rotatable bonds is 3. The van der Waals surface area contributed by atoms with Gasteiger partial charge in [0.05, 0.1) is 14.1 Å². The lowest BCUT2D eigenvalue weighted by Crippen LogP contribution is -2.41. The first-order chi connectivity index (χ1) is 7.35. The lowest BCUT2D eigenvalue weighted by atomic mass is 10.2. The Morgan fingerprint density at radius 3 is 2.25 bits per heavy atom. The number of nitrogens with zero attached hydrogens (tertiary/aromatic N) is 1. The van der Waals surface area contributed by atoms with Crippen LogP contribution in [0.1, 0.15) is 26.2 Å². The molecule has 1 rings (SSSR count). The van der Waals surface area contributed by atoms with Crippen LogP contribution < -0.4 is 0 Å². The predicted octanol–water partition coefficient (Wildman–Crippen LogP) is 2.22. The molecule has 2 unspecified atom stereocenters. The predicted molar refractivity (Wildman–Crippen MR) is 64.8 cm³/mol. The van der Waals surface area contributed by atoms with E-state index >= 15 is 0 Å². The van der Waals surface area contributed by atoms with E-state index in [-0.39, 0.29) is 6.42 Å². The standard InChI is InChI=1S/C7H13NSi.C4H8O3/c1-9(2)6-4-7(9)3-5-8;1-2-3(5)4(6)7/h7H,3-4,6H2,1-2H3;3,5H,2H2,1H3,(H,6,7). The zero-order chi connectivity index (χ0) is 12.8. The summed E-state index contributed by atoms with van der Waals surface area (Å²) in [7, 11) is -0.824. The lowest BCUT2D eigenvalue weighted by molar-refractivity contribution is -0.146. The van der Waals surface area contributed by atoms with Crippen LogP contribution >= 0.6 is 0 Å². The second-order valence-corrected chi connectivity index (χ2v) is 10.1. The van der Waals surface area contributed by atoms with Crippen LogP contribution in [0.4, 0.5) is 0 Å². The van der Waals surface area contributed by atoms with Crippen LogP contribution in [-0.4, -0.2) is 30.4 Å². The molecule has 0 aromatic carbocycles. The molecule has 1 saturated heterocycles. The number of carboxylic acids is 1. The quantitative estimate of drug-likeness (QED) is 0.745. The average Bonchev–Trinajstić information content (AvgIpc) is 2.24. The van der Waals surface area contributed by atoms with Gasteiger partial charge in [0, 0.05) is 6.42 Å². The van der Waals surface area contributed by atoms with E-state index in [2.05, 4.69) is 19.2 Å². The van der Waals surface area contributed by atoms with Gasteiger partial charge < -0.3 is 10.2 Å². The number of hydrogen-bond acceptors (Lipinski definition) is 3. The van der Waals surface area contributed by atoms with Crippen LogP contribution in [0.5, 0.6) is 0 Å². The summed E-state index contributed by atoms with van der Waals surface area (Å²) in [4.78, 5) is 9.68. The Kier molecular flexibility index (Phi) is 6.30. The molecule has 5 heteroatoms. The molecule has 0 radical (unpaired) electrons. The molecule has 2 atom stereocenters. The van der Waals surface area contributed by atoms with Gasteiger partial charge in [-0.1, -0.05) is 32.5 Å². The Bertz CT molecular complexity index is 273. The fourth-order valence-corrected chi connectivity index (χ4v) is 4.08. The molecule has 16 heavy (non-hydrogen) atoms. The number of nitriles is 1. The van der Waals surface area contributed by atoms with E-state index in [0.717, 1.165) is 12.0 Å². The Balaban J connectivity index is 0.000000293. The Morgan fingerprint density at radius 1 is 1.62 bits per heavy atom. The number of aliphatic hydroxyl groups is 1. The molecule has 1 aliphatic heterocycles. The Morgan fingerprint density at radius 2 is 2.19 bits per heavy atom. The highest BCUT2D eigenvalue weighted by atomic mass is 28.3. The van der Waals surface area contributed by atoms with Crippen molar-refractivity contribution in [2.24, 2.45) is 0 Å². The maximum Gasteiger partial charge on any atom is 0.332 e. The van der Waals surface area contributed by atoms with Crippen molar-refractivity contribution in [2.75, 3.05) is 0 Å². The van der Waals surface area contributed by atoms with Gasteiger partial charge >= 0.3 is 5.97 Å². The maximum atomic E-state index is 9.68. The number of hydrogen-bond donors (Lipinski definition) is 2. The van der Waals surface area contributed by atoms with Crippen molar-refractivity contribution in [3.05, 3.63) is 0 Å². The van der Waals surface area contributed by atoms with Crippen LogP contribution in [0, 0.1) is 11.3 Å². The first-order valence-corrected chi connectivity index (χ1v) is 8.91. The fraction of sp³-hybridized carbons (Fsp3) is 0.818. The molecule has 0 spiro atoms. The topological polar surface area (TPSA) is 81.3 Å². The highest BCUT2D eigenvalue weighted by molar-refractivity contribution is 6.81. The SMILES string of the molecule is CCC(O)C(=O)O.C[Si]1(C)CCC1CC#N. The van der Waals surface area contributed by atoms with Gasteiger partial charge in [-0.3, -0.25) is 0 Å². The summed E-state index contributed by atoms with van der Waals surface area (Å²) in [6.45, 7) is 6.38. The van der Waals surface area contributed by atoms with Crippen molar-refractivity contribution < 1.29 is 15.0 Å². The van der Waals surface area contributed by atoms with Gasteiger partial charge in [-0.25, -0.2) is 4.79 Å². The van der Waals surface area contributed by atoms with Crippen LogP contribution in [0.2, 0.25) is 24.7 Å². The highest BCUT2D eigenvalue weighted by Gasteiger charge is 2.39. The minimum atomic E-state index is -1.18. The van der Waals surface area contributed by atoms with Crippen molar-refractivity contribution in [1.29, 1.82) is 5.26 Å². The molecule has 92 valence electrons. The van der Waals surface area contributed by atoms with Crippen molar-refractivity contribution in [3.8, 4) is 6.07 Å². The third-order valence-corrected chi connectivity index (χ3v) is 7.53. The van der Waals surface area contributed by atoms with Crippen LogP contribution in [0.3, 0.4) is 0 Å². The highest BCUT2D eigenvalue weighted by Crippen LogP contribution is 2.44. The van der Waals surface area contributed by atoms with Gasteiger partial charge in [-0.2, -0.15) is 5.26 Å². The van der Waals surface area contributed by atoms with E-state index in [1.807, 2.05) is 0 Å². The molecule has 0 aromatic rings. The van der Waals surface area contributed by atoms with Crippen molar-refractivity contribution in [2.45, 2.75) is 57.0 Å². The summed E-state index contributed by atoms with van der Waals surface area (Å²) in [5.74, 6) is -1.15. The van der Waals surface area contributed by atoms with E-state index in [1.54, 1.807) is 6.92 Å². The first kappa shape index (κ1) is 15.1. The van der Waals surface area contributed by atoms with Gasteiger partial charge in [0.1, 0.15) is 0 Å². The van der Waals surface area contributed by atoms with Gasteiger partial charge in [-0.05, 0) is 12.0 Å². The van der Waals surface area contributed by atoms with Crippen molar-refractivity contribution in [1.82, 2.24) is 0 Å². The van der Waals surface area contributed by atoms with Gasteiger partial charge in [0.15, 0.2) is 6.10 Å². The Hall–Kier alpha value is -0.863. The number of carboxylic acid groups (broad SMARTS) is 1. The normalized spacial score (nSPS) is 23.1. The third kappa shape index (κ3) is 4.77. The fourth-order valence-electron chi connectivity index (χ4n) is 1.59. The summed E-state index contributed by atoms with van der Waals surface area (Å²) < 4.78 is 0. The second-order valence-electron chi connectivity index (χ2n) is 4.85. The third-order valence-electron chi connectivity index (χ3n) is 3.25. The number of aliphatic hydroxyl groups excluding tert-OH is 1. The average molecular weight is 243 g/mol. The molecule has 0 amide bonds. The molecule has 0 bridgehead atoms. The van der Waals surface area contributed by atoms with Crippen LogP contribution in [0.25, 0.3) is 0 Å². The smallest absolute Gasteiger partial charge is 0.332 e. The van der Waals surface area contributed by atoms with E-state index in [1.165, 1.54) is 12.5 Å². The van der Waals surface area contributed by atoms with Crippen molar-refractivity contribution >= 4 is 14.0 Å². The van der Waals surface area contributed by atoms with E-state index < -0.39 is 20.1 Å². The maximum absolute atomic E-state index is 9.68. The molecule has 1 heterocycles. The molecule has 0 saturated carbocycles. The minimum absolute atomic E-state index is 0.273. The van der Waals surface area contributed by atoms with E-state index in [0.29, 0.717) is 0 Å². The number of aliphatic carboxylic acids is 1. The molecule has 0 aliphatic carbocycles. The molecule has 0 aromatic heterocycles. The van der Waals surface area contributed by atoms with Crippen LogP contribution in [0.15, 0.2) is 0 Å². The van der Waals surface area contributed by atoms with Gasteiger partial charge in [0.2, 0.25) is 0 Å². The minimum Gasteiger partial charge on any atom is -0.479 e. The monoisotopic (exact) mass is 243 g/mol. The first-order valence-electron chi connectivity index (χ1n) is 5.63. The summed E-state index contributed by atoms with van der Waals surface area (Å²) in [6.07, 6.45) is 1.24. The van der Waals surface area contributed by atoms with Crippen LogP contribution in [-0.2, 0) is 4.79 Å². The Labute approximate surface area is 97.9 Å². The van der Waals surface area contributed by atoms with E-state index in [4.69, 9.17) is 15.5 Å². The zero-order valence-electron chi connectivity index (χ0n) is 10.2. The van der Waals surface area contributed by atoms with Gasteiger partial charge in [-0.15, -0.1) is 0 Å². The molecular weight excluding hydrogens is 222 g/mol. The summed E-state index contributed by atoms with van der Waals surface area (Å²) in [6, 6.07) is 3.70. The summed E-state index contributed by atoms with van der Waals surface area (Å²) >= 11 is 0. The lowest BCUT2D eigenvalue weighted by Gasteiger charge is -2.41. The zero-order valence-corrected chi connectivity index (χ0v) is 11.2. The second kappa shape index (κ2) is 6.66. The molecule has 1 fully saturated rings. The number of carbonyl (C=O) groups is 1.